The lowest BCUT2D eigenvalue weighted by Gasteiger charge is -2.42. The molecule has 1 aliphatic heterocycles. The molecular weight excluding hydrogens is 350 g/mol. The molecule has 26 heavy (non-hydrogen) atoms. The molecule has 0 bridgehead atoms. The Morgan fingerprint density at radius 2 is 2.08 bits per heavy atom. The fraction of sp³-hybridized carbons (Fsp3) is 0.667. The molecule has 1 aliphatic rings. The van der Waals surface area contributed by atoms with Gasteiger partial charge in [0.05, 0.1) is 6.61 Å². The van der Waals surface area contributed by atoms with E-state index in [0.717, 1.165) is 0 Å². The van der Waals surface area contributed by atoms with Crippen LogP contribution in [0.15, 0.2) is 29.2 Å². The van der Waals surface area contributed by atoms with Gasteiger partial charge >= 0.3 is 5.69 Å². The second-order valence-electron chi connectivity index (χ2n) is 7.51. The van der Waals surface area contributed by atoms with Crippen LogP contribution in [0.2, 0.25) is 11.1 Å². The van der Waals surface area contributed by atoms with Crippen LogP contribution >= 0.6 is 0 Å². The summed E-state index contributed by atoms with van der Waals surface area (Å²) in [6, 6.07) is 1.74. The van der Waals surface area contributed by atoms with Gasteiger partial charge in [0.25, 0.3) is 0 Å². The molecule has 3 atom stereocenters. The molecule has 146 valence electrons. The number of hydrogen-bond acceptors (Lipinski definition) is 6. The van der Waals surface area contributed by atoms with Gasteiger partial charge in [0.15, 0.2) is 5.35 Å². The van der Waals surface area contributed by atoms with Crippen LogP contribution in [-0.2, 0) is 14.8 Å². The highest BCUT2D eigenvalue weighted by Crippen LogP contribution is 2.46. The molecule has 0 spiro atoms. The van der Waals surface area contributed by atoms with Crippen molar-refractivity contribution in [3.63, 3.8) is 0 Å². The van der Waals surface area contributed by atoms with Crippen LogP contribution in [-0.4, -0.2) is 56.4 Å². The second-order valence-corrected chi connectivity index (χ2v) is 12.0. The van der Waals surface area contributed by atoms with E-state index in [2.05, 4.69) is 44.6 Å². The first-order valence-corrected chi connectivity index (χ1v) is 10.9. The maximum absolute atomic E-state index is 12.9. The normalized spacial score (nSPS) is 26.3. The summed E-state index contributed by atoms with van der Waals surface area (Å²) >= 11 is 0. The van der Waals surface area contributed by atoms with Crippen LogP contribution < -0.4 is 11.0 Å². The number of ether oxygens (including phenoxy) is 2. The number of nitrogens with one attached hydrogen (secondary N) is 1. The third-order valence-corrected chi connectivity index (χ3v) is 9.70. The molecule has 1 saturated heterocycles. The summed E-state index contributed by atoms with van der Waals surface area (Å²) in [5.74, 6) is 0.492. The van der Waals surface area contributed by atoms with Gasteiger partial charge in [-0.3, -0.25) is 4.57 Å². The summed E-state index contributed by atoms with van der Waals surface area (Å²) in [7, 11) is 1.43. The zero-order valence-electron chi connectivity index (χ0n) is 16.5. The lowest BCUT2D eigenvalue weighted by molar-refractivity contribution is -0.0781. The van der Waals surface area contributed by atoms with Crippen molar-refractivity contribution in [2.24, 2.45) is 0 Å². The van der Waals surface area contributed by atoms with E-state index in [0.29, 0.717) is 22.5 Å². The smallest absolute Gasteiger partial charge is 0.351 e. The molecule has 2 heterocycles. The topological polar surface area (TPSA) is 85.6 Å². The highest BCUT2D eigenvalue weighted by atomic mass is 28.3. The molecule has 0 radical (unpaired) electrons. The molecule has 1 aromatic heterocycles. The second kappa shape index (κ2) is 8.04. The quantitative estimate of drug-likeness (QED) is 0.550. The van der Waals surface area contributed by atoms with E-state index < -0.39 is 32.0 Å². The number of rotatable bonds is 7. The first-order chi connectivity index (χ1) is 12.2. The first kappa shape index (κ1) is 20.8. The predicted molar refractivity (Wildman–Crippen MR) is 105 cm³/mol. The Balaban J connectivity index is 2.72. The van der Waals surface area contributed by atoms with Gasteiger partial charge in [0, 0.05) is 25.9 Å². The average molecular weight is 382 g/mol. The predicted octanol–water partition coefficient (Wildman–Crippen LogP) is 1.49. The van der Waals surface area contributed by atoms with Crippen LogP contribution in [0, 0.1) is 0 Å². The van der Waals surface area contributed by atoms with Crippen molar-refractivity contribution in [1.82, 2.24) is 9.55 Å². The van der Waals surface area contributed by atoms with Crippen molar-refractivity contribution in [2.75, 3.05) is 26.1 Å². The number of aromatic nitrogens is 2. The third-order valence-electron chi connectivity index (χ3n) is 5.14. The largest absolute Gasteiger partial charge is 0.386 e. The van der Waals surface area contributed by atoms with E-state index in [9.17, 15) is 9.90 Å². The number of anilines is 1. The number of aliphatic hydroxyl groups excluding tert-OH is 1. The zero-order chi connectivity index (χ0) is 19.6. The van der Waals surface area contributed by atoms with E-state index in [-0.39, 0.29) is 6.61 Å². The Hall–Kier alpha value is -1.48. The molecule has 1 aromatic rings. The lowest BCUT2D eigenvalue weighted by atomic mass is 10.1. The van der Waals surface area contributed by atoms with E-state index in [4.69, 9.17) is 9.47 Å². The molecule has 0 aliphatic carbocycles. The molecule has 0 amide bonds. The van der Waals surface area contributed by atoms with Gasteiger partial charge < -0.3 is 19.9 Å². The minimum atomic E-state index is -1.84. The molecular formula is C18H31N3O4Si. The van der Waals surface area contributed by atoms with Crippen molar-refractivity contribution in [3.8, 4) is 0 Å². The van der Waals surface area contributed by atoms with Crippen LogP contribution in [0.25, 0.3) is 0 Å². The van der Waals surface area contributed by atoms with Gasteiger partial charge in [0.2, 0.25) is 0 Å². The van der Waals surface area contributed by atoms with Gasteiger partial charge in [-0.2, -0.15) is 4.98 Å². The van der Waals surface area contributed by atoms with Crippen molar-refractivity contribution in [3.05, 3.63) is 34.9 Å². The van der Waals surface area contributed by atoms with Gasteiger partial charge in [0.1, 0.15) is 26.8 Å². The van der Waals surface area contributed by atoms with Crippen molar-refractivity contribution in [2.45, 2.75) is 56.3 Å². The summed E-state index contributed by atoms with van der Waals surface area (Å²) < 4.78 is 13.2. The van der Waals surface area contributed by atoms with Gasteiger partial charge in [-0.15, -0.1) is 0 Å². The lowest BCUT2D eigenvalue weighted by Crippen LogP contribution is -2.56. The van der Waals surface area contributed by atoms with E-state index in [1.165, 1.54) is 4.57 Å². The van der Waals surface area contributed by atoms with Crippen molar-refractivity contribution in [1.29, 1.82) is 0 Å². The maximum Gasteiger partial charge on any atom is 0.351 e. The Labute approximate surface area is 156 Å². The molecule has 0 aromatic carbocycles. The highest BCUT2D eigenvalue weighted by molar-refractivity contribution is 6.64. The SMILES string of the molecule is C=C1[C@H](O)[C@@H](COC)O[C@]1(n1ccc(NC)nc1=O)[SiH](C(C)C)C(C)C. The van der Waals surface area contributed by atoms with Crippen molar-refractivity contribution >= 4 is 14.6 Å². The Kier molecular flexibility index (Phi) is 6.44. The number of nitrogens with zero attached hydrogens (tertiary/aromatic N) is 2. The van der Waals surface area contributed by atoms with Gasteiger partial charge in [-0.1, -0.05) is 34.3 Å². The monoisotopic (exact) mass is 381 g/mol. The summed E-state index contributed by atoms with van der Waals surface area (Å²) in [4.78, 5) is 17.0. The molecule has 2 rings (SSSR count). The summed E-state index contributed by atoms with van der Waals surface area (Å²) in [6.07, 6.45) is 0.244. The first-order valence-electron chi connectivity index (χ1n) is 9.02. The van der Waals surface area contributed by atoms with Crippen LogP contribution in [0.5, 0.6) is 0 Å². The molecule has 8 heteroatoms. The molecule has 7 nitrogen and oxygen atoms in total. The van der Waals surface area contributed by atoms with E-state index in [1.807, 2.05) is 0 Å². The Morgan fingerprint density at radius 1 is 1.46 bits per heavy atom. The minimum Gasteiger partial charge on any atom is -0.386 e. The van der Waals surface area contributed by atoms with Crippen LogP contribution in [0.3, 0.4) is 0 Å². The fourth-order valence-electron chi connectivity index (χ4n) is 4.23. The number of methoxy groups -OCH3 is 1. The molecule has 0 saturated carbocycles. The summed E-state index contributed by atoms with van der Waals surface area (Å²) in [6.45, 7) is 13.0. The van der Waals surface area contributed by atoms with E-state index in [1.54, 1.807) is 26.4 Å². The molecule has 0 unspecified atom stereocenters. The fourth-order valence-corrected chi connectivity index (χ4v) is 9.03. The summed E-state index contributed by atoms with van der Waals surface area (Å²) in [5, 5.41) is 12.6. The third kappa shape index (κ3) is 3.38. The molecule has 1 fully saturated rings. The Bertz CT molecular complexity index is 698. The molecule has 2 N–H and O–H groups in total. The number of hydrogen-bond donors (Lipinski definition) is 2. The zero-order valence-corrected chi connectivity index (χ0v) is 17.7. The van der Waals surface area contributed by atoms with Crippen LogP contribution in [0.1, 0.15) is 27.7 Å². The van der Waals surface area contributed by atoms with Crippen molar-refractivity contribution < 1.29 is 14.6 Å². The standard InChI is InChI=1S/C18H31N3O4Si/c1-11(2)26(12(3)4)18(13(5)16(22)14(25-18)10-24-7)21-9-8-15(19-6)20-17(21)23/h8-9,11-12,14,16,22,26H,5,10H2,1-4,6-7H3,(H,19,20,23)/t14-,16+,18+/m1/s1. The van der Waals surface area contributed by atoms with Gasteiger partial charge in [-0.25, -0.2) is 4.79 Å². The Morgan fingerprint density at radius 3 is 2.54 bits per heavy atom. The maximum atomic E-state index is 12.9. The number of aliphatic hydroxyl groups is 1. The average Bonchev–Trinajstić information content (AvgIpc) is 2.80. The highest BCUT2D eigenvalue weighted by Gasteiger charge is 2.57. The van der Waals surface area contributed by atoms with Gasteiger partial charge in [-0.05, 0) is 17.1 Å². The summed E-state index contributed by atoms with van der Waals surface area (Å²) in [5.41, 5.74) is 0.744. The van der Waals surface area contributed by atoms with Crippen LogP contribution in [0.4, 0.5) is 5.82 Å². The minimum absolute atomic E-state index is 0.232. The van der Waals surface area contributed by atoms with E-state index >= 15 is 0 Å².